The summed E-state index contributed by atoms with van der Waals surface area (Å²) in [5.41, 5.74) is 5.37. The first-order chi connectivity index (χ1) is 28.8. The van der Waals surface area contributed by atoms with Crippen LogP contribution < -0.4 is 11.1 Å². The van der Waals surface area contributed by atoms with Crippen LogP contribution in [0.4, 0.5) is 0 Å². The molecule has 0 fully saturated rings. The van der Waals surface area contributed by atoms with E-state index in [0.29, 0.717) is 12.8 Å². The quantitative estimate of drug-likeness (QED) is 0.0231. The van der Waals surface area contributed by atoms with Crippen molar-refractivity contribution < 1.29 is 33.5 Å². The molecule has 0 aliphatic heterocycles. The zero-order chi connectivity index (χ0) is 43.3. The molecule has 0 bridgehead atoms. The molecule has 0 aliphatic carbocycles. The van der Waals surface area contributed by atoms with Gasteiger partial charge in [-0.2, -0.15) is 0 Å². The molecular formula is C49H93N2O7P. The zero-order valence-electron chi connectivity index (χ0n) is 38.1. The summed E-state index contributed by atoms with van der Waals surface area (Å²) in [5, 5.41) is 24.1. The number of phosphoric ester groups is 1. The standard InChI is InChI=1S/C49H93N2O7P/c1-3-5-7-9-11-13-15-17-19-21-23-24-26-28-30-32-34-36-38-40-46(52)44-49(54)51-47(45-58-59(55,56)57-43-42-50)48(53)41-39-37-35-33-31-29-27-25-22-20-18-16-14-12-10-8-6-4-2/h5,7,11,13,31,33,39,41,46-48,52-53H,3-4,6,8-10,12,14-30,32,34-38,40,42-45,50H2,1-2H3,(H,51,54)(H,55,56)/b7-5-,13-11-,33-31+,41-39+. The molecule has 346 valence electrons. The highest BCUT2D eigenvalue weighted by Gasteiger charge is 2.27. The molecule has 4 atom stereocenters. The predicted octanol–water partition coefficient (Wildman–Crippen LogP) is 13.0. The van der Waals surface area contributed by atoms with Gasteiger partial charge in [-0.15, -0.1) is 0 Å². The number of carbonyl (C=O) groups is 1. The van der Waals surface area contributed by atoms with Gasteiger partial charge < -0.3 is 26.2 Å². The third-order valence-electron chi connectivity index (χ3n) is 10.7. The summed E-state index contributed by atoms with van der Waals surface area (Å²) < 4.78 is 22.1. The van der Waals surface area contributed by atoms with Crippen LogP contribution in [0, 0.1) is 0 Å². The van der Waals surface area contributed by atoms with Crippen LogP contribution in [0.3, 0.4) is 0 Å². The fourth-order valence-electron chi connectivity index (χ4n) is 7.05. The Labute approximate surface area is 363 Å². The number of phosphoric acid groups is 1. The topological polar surface area (TPSA) is 151 Å². The van der Waals surface area contributed by atoms with Gasteiger partial charge in [0.05, 0.1) is 37.9 Å². The number of nitrogens with one attached hydrogen (secondary N) is 1. The number of amides is 1. The molecule has 0 rings (SSSR count). The minimum absolute atomic E-state index is 0.0437. The highest BCUT2D eigenvalue weighted by Crippen LogP contribution is 2.43. The molecule has 59 heavy (non-hydrogen) atoms. The zero-order valence-corrected chi connectivity index (χ0v) is 39.0. The van der Waals surface area contributed by atoms with Crippen molar-refractivity contribution in [3.8, 4) is 0 Å². The summed E-state index contributed by atoms with van der Waals surface area (Å²) in [4.78, 5) is 22.8. The second kappa shape index (κ2) is 44.5. The lowest BCUT2D eigenvalue weighted by molar-refractivity contribution is -0.124. The third kappa shape index (κ3) is 42.9. The molecule has 0 radical (unpaired) electrons. The van der Waals surface area contributed by atoms with Crippen LogP contribution in [0.25, 0.3) is 0 Å². The predicted molar refractivity (Wildman–Crippen MR) is 250 cm³/mol. The molecule has 1 amide bonds. The Hall–Kier alpha value is -1.58. The first-order valence-corrected chi connectivity index (χ1v) is 25.8. The molecular weight excluding hydrogens is 760 g/mol. The molecule has 0 aliphatic rings. The summed E-state index contributed by atoms with van der Waals surface area (Å²) in [6, 6.07) is -1.00. The Morgan fingerprint density at radius 3 is 1.59 bits per heavy atom. The number of carbonyl (C=O) groups excluding carboxylic acids is 1. The molecule has 0 aromatic carbocycles. The van der Waals surface area contributed by atoms with E-state index in [0.717, 1.165) is 44.9 Å². The fourth-order valence-corrected chi connectivity index (χ4v) is 7.81. The average Bonchev–Trinajstić information content (AvgIpc) is 3.21. The minimum Gasteiger partial charge on any atom is -0.393 e. The summed E-state index contributed by atoms with van der Waals surface area (Å²) >= 11 is 0. The number of aliphatic hydroxyl groups is 2. The van der Waals surface area contributed by atoms with E-state index in [-0.39, 0.29) is 19.6 Å². The van der Waals surface area contributed by atoms with Crippen molar-refractivity contribution >= 4 is 13.7 Å². The number of allylic oxidation sites excluding steroid dienone is 7. The first kappa shape index (κ1) is 57.4. The van der Waals surface area contributed by atoms with E-state index in [2.05, 4.69) is 55.6 Å². The smallest absolute Gasteiger partial charge is 0.393 e. The highest BCUT2D eigenvalue weighted by atomic mass is 31.2. The molecule has 0 spiro atoms. The number of hydrogen-bond acceptors (Lipinski definition) is 7. The Morgan fingerprint density at radius 1 is 0.610 bits per heavy atom. The summed E-state index contributed by atoms with van der Waals surface area (Å²) in [7, 11) is -4.41. The van der Waals surface area contributed by atoms with E-state index in [9.17, 15) is 24.5 Å². The molecule has 0 saturated heterocycles. The molecule has 0 saturated carbocycles. The maximum absolute atomic E-state index is 12.9. The largest absolute Gasteiger partial charge is 0.472 e. The van der Waals surface area contributed by atoms with E-state index in [1.165, 1.54) is 141 Å². The van der Waals surface area contributed by atoms with Gasteiger partial charge in [0.15, 0.2) is 0 Å². The van der Waals surface area contributed by atoms with Crippen LogP contribution in [-0.2, 0) is 18.4 Å². The molecule has 4 unspecified atom stereocenters. The van der Waals surface area contributed by atoms with Gasteiger partial charge in [0.1, 0.15) is 0 Å². The second-order valence-corrected chi connectivity index (χ2v) is 17.9. The maximum atomic E-state index is 12.9. The van der Waals surface area contributed by atoms with Gasteiger partial charge in [0.2, 0.25) is 5.91 Å². The van der Waals surface area contributed by atoms with E-state index in [1.807, 2.05) is 6.08 Å². The fraction of sp³-hybridized carbons (Fsp3) is 0.816. The molecule has 0 aromatic heterocycles. The first-order valence-electron chi connectivity index (χ1n) is 24.3. The lowest BCUT2D eigenvalue weighted by Crippen LogP contribution is -2.46. The normalized spacial score (nSPS) is 14.9. The van der Waals surface area contributed by atoms with E-state index in [4.69, 9.17) is 14.8 Å². The second-order valence-electron chi connectivity index (χ2n) is 16.5. The van der Waals surface area contributed by atoms with Gasteiger partial charge in [0.25, 0.3) is 0 Å². The van der Waals surface area contributed by atoms with Crippen molar-refractivity contribution in [2.75, 3.05) is 19.8 Å². The van der Waals surface area contributed by atoms with Gasteiger partial charge in [-0.3, -0.25) is 13.8 Å². The average molecular weight is 853 g/mol. The SMILES string of the molecule is CC/C=C\C/C=C\CCCCCCCCCCCCCCC(O)CC(=O)NC(COP(=O)(O)OCCN)C(O)/C=C/CC/C=C/CCCCCCCCCCCCCC. The van der Waals surface area contributed by atoms with E-state index in [1.54, 1.807) is 6.08 Å². The Morgan fingerprint density at radius 2 is 1.07 bits per heavy atom. The highest BCUT2D eigenvalue weighted by molar-refractivity contribution is 7.47. The van der Waals surface area contributed by atoms with Crippen molar-refractivity contribution in [1.82, 2.24) is 5.32 Å². The Kier molecular flexibility index (Phi) is 43.3. The van der Waals surface area contributed by atoms with Crippen molar-refractivity contribution in [3.63, 3.8) is 0 Å². The minimum atomic E-state index is -4.41. The Balaban J connectivity index is 4.26. The third-order valence-corrected chi connectivity index (χ3v) is 11.7. The van der Waals surface area contributed by atoms with Crippen LogP contribution in [0.5, 0.6) is 0 Å². The van der Waals surface area contributed by atoms with Crippen molar-refractivity contribution in [3.05, 3.63) is 48.6 Å². The summed E-state index contributed by atoms with van der Waals surface area (Å²) in [5.74, 6) is -0.456. The van der Waals surface area contributed by atoms with Crippen LogP contribution in [0.15, 0.2) is 48.6 Å². The van der Waals surface area contributed by atoms with Crippen molar-refractivity contribution in [2.24, 2.45) is 5.73 Å². The van der Waals surface area contributed by atoms with E-state index >= 15 is 0 Å². The molecule has 0 heterocycles. The summed E-state index contributed by atoms with van der Waals surface area (Å²) in [6.07, 6.45) is 52.0. The number of unbranched alkanes of at least 4 members (excludes halogenated alkanes) is 25. The number of rotatable bonds is 45. The van der Waals surface area contributed by atoms with Crippen LogP contribution >= 0.6 is 7.82 Å². The van der Waals surface area contributed by atoms with Crippen LogP contribution in [-0.4, -0.2) is 59.0 Å². The van der Waals surface area contributed by atoms with Gasteiger partial charge in [-0.1, -0.05) is 204 Å². The van der Waals surface area contributed by atoms with E-state index < -0.39 is 38.6 Å². The molecule has 6 N–H and O–H groups in total. The van der Waals surface area contributed by atoms with Gasteiger partial charge in [-0.25, -0.2) is 4.57 Å². The lowest BCUT2D eigenvalue weighted by Gasteiger charge is -2.24. The van der Waals surface area contributed by atoms with Crippen LogP contribution in [0.1, 0.15) is 219 Å². The monoisotopic (exact) mass is 853 g/mol. The van der Waals surface area contributed by atoms with Gasteiger partial charge in [-0.05, 0) is 57.8 Å². The maximum Gasteiger partial charge on any atom is 0.472 e. The molecule has 10 heteroatoms. The number of nitrogens with two attached hydrogens (primary N) is 1. The Bertz CT molecular complexity index is 1080. The van der Waals surface area contributed by atoms with Gasteiger partial charge in [0, 0.05) is 6.54 Å². The number of hydrogen-bond donors (Lipinski definition) is 5. The lowest BCUT2D eigenvalue weighted by atomic mass is 10.0. The van der Waals surface area contributed by atoms with Crippen LogP contribution in [0.2, 0.25) is 0 Å². The summed E-state index contributed by atoms with van der Waals surface area (Å²) in [6.45, 7) is 3.86. The molecule has 9 nitrogen and oxygen atoms in total. The van der Waals surface area contributed by atoms with Gasteiger partial charge >= 0.3 is 7.82 Å². The number of aliphatic hydroxyl groups excluding tert-OH is 2. The van der Waals surface area contributed by atoms with Crippen molar-refractivity contribution in [2.45, 2.75) is 238 Å². The van der Waals surface area contributed by atoms with Crippen molar-refractivity contribution in [1.29, 1.82) is 0 Å². The molecule has 0 aromatic rings.